The Bertz CT molecular complexity index is 357. The van der Waals surface area contributed by atoms with Crippen molar-refractivity contribution in [2.45, 2.75) is 70.8 Å². The Labute approximate surface area is 129 Å². The number of unbranched alkanes of at least 4 members (excludes halogenated alkanes) is 1. The molecule has 120 valence electrons. The SMILES string of the molecule is CCCCN(CC(C)C(=O)O)C12CC3CC(CC(C3)C1)C2. The molecule has 0 aliphatic heterocycles. The molecule has 0 radical (unpaired) electrons. The van der Waals surface area contributed by atoms with Crippen molar-refractivity contribution in [2.24, 2.45) is 23.7 Å². The van der Waals surface area contributed by atoms with Gasteiger partial charge in [0.25, 0.3) is 0 Å². The standard InChI is InChI=1S/C18H31NO2/c1-3-4-5-19(12-13(2)17(20)21)18-9-14-6-15(10-18)8-16(7-14)11-18/h13-16H,3-12H2,1-2H3,(H,20,21). The van der Waals surface area contributed by atoms with Crippen LogP contribution in [0.1, 0.15) is 65.2 Å². The van der Waals surface area contributed by atoms with Crippen LogP contribution in [0.4, 0.5) is 0 Å². The lowest BCUT2D eigenvalue weighted by atomic mass is 9.52. The smallest absolute Gasteiger partial charge is 0.307 e. The van der Waals surface area contributed by atoms with Crippen molar-refractivity contribution in [3.63, 3.8) is 0 Å². The molecule has 0 saturated heterocycles. The van der Waals surface area contributed by atoms with Gasteiger partial charge in [-0.1, -0.05) is 20.3 Å². The number of carboxylic acids is 1. The molecular weight excluding hydrogens is 262 g/mol. The van der Waals surface area contributed by atoms with E-state index in [1.807, 2.05) is 6.92 Å². The second kappa shape index (κ2) is 5.91. The van der Waals surface area contributed by atoms with Gasteiger partial charge >= 0.3 is 5.97 Å². The van der Waals surface area contributed by atoms with Crippen molar-refractivity contribution in [1.82, 2.24) is 4.90 Å². The predicted octanol–water partition coefficient (Wildman–Crippen LogP) is 3.78. The maximum Gasteiger partial charge on any atom is 0.307 e. The van der Waals surface area contributed by atoms with Crippen LogP contribution >= 0.6 is 0 Å². The Morgan fingerprint density at radius 1 is 1.19 bits per heavy atom. The number of rotatable bonds is 7. The molecule has 1 atom stereocenters. The van der Waals surface area contributed by atoms with Crippen molar-refractivity contribution in [1.29, 1.82) is 0 Å². The summed E-state index contributed by atoms with van der Waals surface area (Å²) >= 11 is 0. The summed E-state index contributed by atoms with van der Waals surface area (Å²) in [6.07, 6.45) is 10.8. The van der Waals surface area contributed by atoms with Gasteiger partial charge in [0, 0.05) is 12.1 Å². The van der Waals surface area contributed by atoms with Crippen LogP contribution < -0.4 is 0 Å². The van der Waals surface area contributed by atoms with Crippen LogP contribution in [-0.4, -0.2) is 34.6 Å². The zero-order valence-corrected chi connectivity index (χ0v) is 13.7. The van der Waals surface area contributed by atoms with Gasteiger partial charge in [0.15, 0.2) is 0 Å². The highest BCUT2D eigenvalue weighted by atomic mass is 16.4. The van der Waals surface area contributed by atoms with Gasteiger partial charge in [-0.15, -0.1) is 0 Å². The normalized spacial score (nSPS) is 38.9. The minimum absolute atomic E-state index is 0.241. The number of hydrogen-bond donors (Lipinski definition) is 1. The molecule has 4 saturated carbocycles. The van der Waals surface area contributed by atoms with Crippen LogP contribution in [0.3, 0.4) is 0 Å². The fourth-order valence-electron chi connectivity index (χ4n) is 5.73. The number of carboxylic acid groups (broad SMARTS) is 1. The molecule has 0 aromatic carbocycles. The van der Waals surface area contributed by atoms with Crippen molar-refractivity contribution in [3.8, 4) is 0 Å². The number of carbonyl (C=O) groups is 1. The summed E-state index contributed by atoms with van der Waals surface area (Å²) < 4.78 is 0. The lowest BCUT2D eigenvalue weighted by Gasteiger charge is -2.61. The molecular formula is C18H31NO2. The van der Waals surface area contributed by atoms with Crippen LogP contribution in [-0.2, 0) is 4.79 Å². The Kier molecular flexibility index (Phi) is 4.31. The van der Waals surface area contributed by atoms with Crippen molar-refractivity contribution >= 4 is 5.97 Å². The van der Waals surface area contributed by atoms with E-state index in [9.17, 15) is 9.90 Å². The summed E-state index contributed by atoms with van der Waals surface area (Å²) in [5.74, 6) is 1.91. The molecule has 0 aromatic rings. The van der Waals surface area contributed by atoms with Gasteiger partial charge in [-0.3, -0.25) is 9.69 Å². The van der Waals surface area contributed by atoms with Crippen LogP contribution in [0.5, 0.6) is 0 Å². The van der Waals surface area contributed by atoms with Crippen LogP contribution in [0.25, 0.3) is 0 Å². The summed E-state index contributed by atoms with van der Waals surface area (Å²) in [5.41, 5.74) is 0.355. The highest BCUT2D eigenvalue weighted by Crippen LogP contribution is 2.57. The average molecular weight is 293 g/mol. The van der Waals surface area contributed by atoms with E-state index >= 15 is 0 Å². The quantitative estimate of drug-likeness (QED) is 0.776. The summed E-state index contributed by atoms with van der Waals surface area (Å²) in [7, 11) is 0. The third-order valence-corrected chi connectivity index (χ3v) is 6.37. The molecule has 3 heteroatoms. The molecule has 4 rings (SSSR count). The largest absolute Gasteiger partial charge is 0.481 e. The molecule has 4 bridgehead atoms. The summed E-state index contributed by atoms with van der Waals surface area (Å²) in [6.45, 7) is 5.96. The van der Waals surface area contributed by atoms with E-state index < -0.39 is 5.97 Å². The zero-order valence-electron chi connectivity index (χ0n) is 13.7. The molecule has 4 fully saturated rings. The predicted molar refractivity (Wildman–Crippen MR) is 84.2 cm³/mol. The molecule has 1 unspecified atom stereocenters. The third kappa shape index (κ3) is 2.99. The van der Waals surface area contributed by atoms with E-state index in [1.54, 1.807) is 0 Å². The number of hydrogen-bond acceptors (Lipinski definition) is 2. The monoisotopic (exact) mass is 293 g/mol. The van der Waals surface area contributed by atoms with Crippen LogP contribution in [0.15, 0.2) is 0 Å². The first-order valence-electron chi connectivity index (χ1n) is 9.00. The van der Waals surface area contributed by atoms with Crippen LogP contribution in [0, 0.1) is 23.7 Å². The van der Waals surface area contributed by atoms with E-state index in [0.29, 0.717) is 5.54 Å². The van der Waals surface area contributed by atoms with Crippen molar-refractivity contribution in [3.05, 3.63) is 0 Å². The Morgan fingerprint density at radius 2 is 1.71 bits per heavy atom. The minimum atomic E-state index is -0.638. The van der Waals surface area contributed by atoms with E-state index in [2.05, 4.69) is 11.8 Å². The molecule has 0 amide bonds. The fraction of sp³-hybridized carbons (Fsp3) is 0.944. The summed E-state index contributed by atoms with van der Waals surface area (Å²) in [6, 6.07) is 0. The fourth-order valence-corrected chi connectivity index (χ4v) is 5.73. The lowest BCUT2D eigenvalue weighted by molar-refractivity contribution is -0.144. The Morgan fingerprint density at radius 3 is 2.14 bits per heavy atom. The molecule has 3 nitrogen and oxygen atoms in total. The Balaban J connectivity index is 1.76. The molecule has 0 heterocycles. The lowest BCUT2D eigenvalue weighted by Crippen LogP contribution is -2.61. The van der Waals surface area contributed by atoms with E-state index in [-0.39, 0.29) is 5.92 Å². The zero-order chi connectivity index (χ0) is 15.0. The summed E-state index contributed by atoms with van der Waals surface area (Å²) in [5, 5.41) is 9.31. The maximum absolute atomic E-state index is 11.3. The highest BCUT2D eigenvalue weighted by Gasteiger charge is 2.53. The third-order valence-electron chi connectivity index (χ3n) is 6.37. The van der Waals surface area contributed by atoms with Crippen molar-refractivity contribution < 1.29 is 9.90 Å². The molecule has 1 N–H and O–H groups in total. The van der Waals surface area contributed by atoms with Gasteiger partial charge in [0.05, 0.1) is 5.92 Å². The van der Waals surface area contributed by atoms with E-state index in [0.717, 1.165) is 30.8 Å². The molecule has 4 aliphatic rings. The molecule has 4 aliphatic carbocycles. The first kappa shape index (κ1) is 15.3. The topological polar surface area (TPSA) is 40.5 Å². The first-order valence-corrected chi connectivity index (χ1v) is 9.00. The van der Waals surface area contributed by atoms with E-state index in [4.69, 9.17) is 0 Å². The molecule has 0 aromatic heterocycles. The minimum Gasteiger partial charge on any atom is -0.481 e. The van der Waals surface area contributed by atoms with Crippen molar-refractivity contribution in [2.75, 3.05) is 13.1 Å². The molecule has 0 spiro atoms. The van der Waals surface area contributed by atoms with Gasteiger partial charge in [0.1, 0.15) is 0 Å². The summed E-state index contributed by atoms with van der Waals surface area (Å²) in [4.78, 5) is 13.9. The number of nitrogens with zero attached hydrogens (tertiary/aromatic N) is 1. The van der Waals surface area contributed by atoms with Gasteiger partial charge < -0.3 is 5.11 Å². The van der Waals surface area contributed by atoms with E-state index in [1.165, 1.54) is 51.4 Å². The second-order valence-corrected chi connectivity index (χ2v) is 8.18. The average Bonchev–Trinajstić information content (AvgIpc) is 2.41. The maximum atomic E-state index is 11.3. The Hall–Kier alpha value is -0.570. The first-order chi connectivity index (χ1) is 10.0. The second-order valence-electron chi connectivity index (χ2n) is 8.18. The van der Waals surface area contributed by atoms with Gasteiger partial charge in [0.2, 0.25) is 0 Å². The van der Waals surface area contributed by atoms with Gasteiger partial charge in [-0.25, -0.2) is 0 Å². The van der Waals surface area contributed by atoms with Crippen LogP contribution in [0.2, 0.25) is 0 Å². The van der Waals surface area contributed by atoms with Gasteiger partial charge in [-0.05, 0) is 69.2 Å². The van der Waals surface area contributed by atoms with Gasteiger partial charge in [-0.2, -0.15) is 0 Å². The number of aliphatic carboxylic acids is 1. The molecule has 21 heavy (non-hydrogen) atoms. The highest BCUT2D eigenvalue weighted by molar-refractivity contribution is 5.69.